The van der Waals surface area contributed by atoms with E-state index in [1.54, 1.807) is 0 Å². The van der Waals surface area contributed by atoms with Crippen LogP contribution in [0.1, 0.15) is 46.5 Å². The van der Waals surface area contributed by atoms with E-state index in [-0.39, 0.29) is 42.6 Å². The summed E-state index contributed by atoms with van der Waals surface area (Å²) in [4.78, 5) is 4.57. The third-order valence-corrected chi connectivity index (χ3v) is 4.08. The predicted molar refractivity (Wildman–Crippen MR) is 106 cm³/mol. The summed E-state index contributed by atoms with van der Waals surface area (Å²) < 4.78 is 40.4. The molecule has 3 N–H and O–H groups in total. The number of halogens is 4. The quantitative estimate of drug-likeness (QED) is 0.173. The van der Waals surface area contributed by atoms with Crippen molar-refractivity contribution in [2.75, 3.05) is 39.5 Å². The van der Waals surface area contributed by atoms with Crippen LogP contribution in [0.3, 0.4) is 0 Å². The molecule has 0 saturated carbocycles. The average molecular weight is 483 g/mol. The van der Waals surface area contributed by atoms with Crippen LogP contribution in [0.2, 0.25) is 0 Å². The highest BCUT2D eigenvalue weighted by Crippen LogP contribution is 2.30. The maximum absolute atomic E-state index is 11.9. The molecule has 152 valence electrons. The molecule has 0 bridgehead atoms. The van der Waals surface area contributed by atoms with Crippen molar-refractivity contribution in [3.63, 3.8) is 0 Å². The van der Waals surface area contributed by atoms with Gasteiger partial charge in [-0.1, -0.05) is 13.8 Å². The number of ether oxygens (including phenoxy) is 1. The zero-order chi connectivity index (χ0) is 18.5. The van der Waals surface area contributed by atoms with Gasteiger partial charge in [-0.25, -0.2) is 0 Å². The van der Waals surface area contributed by atoms with E-state index in [0.29, 0.717) is 38.4 Å². The molecule has 5 nitrogen and oxygen atoms in total. The molecule has 0 rings (SSSR count). The molecule has 0 saturated heterocycles. The zero-order valence-electron chi connectivity index (χ0n) is 15.4. The average Bonchev–Trinajstić information content (AvgIpc) is 2.53. The van der Waals surface area contributed by atoms with E-state index in [1.807, 2.05) is 6.92 Å². The Bertz CT molecular complexity index is 352. The molecule has 0 atom stereocenters. The Balaban J connectivity index is 0. The molecule has 0 spiro atoms. The van der Waals surface area contributed by atoms with Crippen molar-refractivity contribution in [1.82, 2.24) is 10.6 Å². The summed E-state index contributed by atoms with van der Waals surface area (Å²) in [6.07, 6.45) is -1.26. The number of aliphatic hydroxyl groups is 1. The van der Waals surface area contributed by atoms with Gasteiger partial charge in [0.1, 0.15) is 6.61 Å². The lowest BCUT2D eigenvalue weighted by atomic mass is 9.79. The summed E-state index contributed by atoms with van der Waals surface area (Å²) in [6.45, 7) is 6.88. The highest BCUT2D eigenvalue weighted by Gasteiger charge is 2.27. The third kappa shape index (κ3) is 13.6. The van der Waals surface area contributed by atoms with Crippen molar-refractivity contribution in [3.05, 3.63) is 0 Å². The van der Waals surface area contributed by atoms with Gasteiger partial charge in [0.05, 0.1) is 0 Å². The Kier molecular flexibility index (Phi) is 16.0. The minimum absolute atomic E-state index is 0. The van der Waals surface area contributed by atoms with Crippen LogP contribution >= 0.6 is 24.0 Å². The van der Waals surface area contributed by atoms with Crippen molar-refractivity contribution >= 4 is 29.9 Å². The van der Waals surface area contributed by atoms with Gasteiger partial charge in [-0.15, -0.1) is 24.0 Å². The molecular formula is C16H33F3IN3O2. The molecular weight excluding hydrogens is 450 g/mol. The van der Waals surface area contributed by atoms with Gasteiger partial charge in [0.2, 0.25) is 0 Å². The SMILES string of the molecule is CCNC(=NCC(CC)(CC)CCO)NCCCOCC(F)(F)F.I. The first-order valence-electron chi connectivity index (χ1n) is 8.60. The molecule has 0 amide bonds. The number of rotatable bonds is 12. The van der Waals surface area contributed by atoms with Crippen LogP contribution in [0.4, 0.5) is 13.2 Å². The van der Waals surface area contributed by atoms with Crippen molar-refractivity contribution in [2.24, 2.45) is 10.4 Å². The van der Waals surface area contributed by atoms with Crippen LogP contribution in [0.15, 0.2) is 4.99 Å². The second kappa shape index (κ2) is 14.8. The predicted octanol–water partition coefficient (Wildman–Crippen LogP) is 3.32. The Morgan fingerprint density at radius 1 is 1.12 bits per heavy atom. The zero-order valence-corrected chi connectivity index (χ0v) is 17.7. The number of alkyl halides is 3. The molecule has 0 aromatic heterocycles. The number of aliphatic hydroxyl groups excluding tert-OH is 1. The maximum atomic E-state index is 11.9. The van der Waals surface area contributed by atoms with Gasteiger partial charge in [0.15, 0.2) is 5.96 Å². The summed E-state index contributed by atoms with van der Waals surface area (Å²) in [6, 6.07) is 0. The lowest BCUT2D eigenvalue weighted by Gasteiger charge is -2.29. The smallest absolute Gasteiger partial charge is 0.396 e. The summed E-state index contributed by atoms with van der Waals surface area (Å²) >= 11 is 0. The van der Waals surface area contributed by atoms with Crippen LogP contribution in [0, 0.1) is 5.41 Å². The molecule has 25 heavy (non-hydrogen) atoms. The molecule has 0 aromatic carbocycles. The van der Waals surface area contributed by atoms with E-state index >= 15 is 0 Å². The number of hydrogen-bond acceptors (Lipinski definition) is 3. The maximum Gasteiger partial charge on any atom is 0.411 e. The fourth-order valence-electron chi connectivity index (χ4n) is 2.30. The third-order valence-electron chi connectivity index (χ3n) is 4.08. The van der Waals surface area contributed by atoms with Crippen molar-refractivity contribution in [3.8, 4) is 0 Å². The van der Waals surface area contributed by atoms with E-state index in [9.17, 15) is 18.3 Å². The van der Waals surface area contributed by atoms with E-state index < -0.39 is 12.8 Å². The molecule has 0 aliphatic heterocycles. The molecule has 0 aliphatic rings. The van der Waals surface area contributed by atoms with Crippen molar-refractivity contribution in [2.45, 2.75) is 52.6 Å². The lowest BCUT2D eigenvalue weighted by Crippen LogP contribution is -2.39. The molecule has 0 aliphatic carbocycles. The minimum Gasteiger partial charge on any atom is -0.396 e. The fourth-order valence-corrected chi connectivity index (χ4v) is 2.30. The number of aliphatic imine (C=N–C) groups is 1. The lowest BCUT2D eigenvalue weighted by molar-refractivity contribution is -0.173. The van der Waals surface area contributed by atoms with E-state index in [4.69, 9.17) is 0 Å². The fraction of sp³-hybridized carbons (Fsp3) is 0.938. The molecule has 0 radical (unpaired) electrons. The van der Waals surface area contributed by atoms with Gasteiger partial charge in [-0.3, -0.25) is 4.99 Å². The number of nitrogens with zero attached hydrogens (tertiary/aromatic N) is 1. The van der Waals surface area contributed by atoms with Gasteiger partial charge in [0, 0.05) is 32.8 Å². The Morgan fingerprint density at radius 3 is 2.24 bits per heavy atom. The number of nitrogens with one attached hydrogen (secondary N) is 2. The standard InChI is InChI=1S/C16H32F3N3O2.HI/c1-4-15(5-2,8-10-23)12-22-14(20-6-3)21-9-7-11-24-13-16(17,18)19;/h23H,4-13H2,1-3H3,(H2,20,21,22);1H. The summed E-state index contributed by atoms with van der Waals surface area (Å²) in [7, 11) is 0. The van der Waals surface area contributed by atoms with E-state index in [0.717, 1.165) is 12.8 Å². The van der Waals surface area contributed by atoms with Crippen LogP contribution in [0.25, 0.3) is 0 Å². The van der Waals surface area contributed by atoms with Crippen LogP contribution in [0.5, 0.6) is 0 Å². The first-order chi connectivity index (χ1) is 11.3. The summed E-state index contributed by atoms with van der Waals surface area (Å²) in [5, 5.41) is 15.5. The first kappa shape index (κ1) is 26.9. The largest absolute Gasteiger partial charge is 0.411 e. The summed E-state index contributed by atoms with van der Waals surface area (Å²) in [5.41, 5.74) is -0.0209. The monoisotopic (exact) mass is 483 g/mol. The molecule has 0 fully saturated rings. The summed E-state index contributed by atoms with van der Waals surface area (Å²) in [5.74, 6) is 0.637. The molecule has 9 heteroatoms. The Morgan fingerprint density at radius 2 is 1.76 bits per heavy atom. The van der Waals surface area contributed by atoms with Crippen LogP contribution < -0.4 is 10.6 Å². The minimum atomic E-state index is -4.28. The number of hydrogen-bond donors (Lipinski definition) is 3. The normalized spacial score (nSPS) is 12.7. The van der Waals surface area contributed by atoms with E-state index in [2.05, 4.69) is 34.2 Å². The van der Waals surface area contributed by atoms with Gasteiger partial charge < -0.3 is 20.5 Å². The van der Waals surface area contributed by atoms with Crippen molar-refractivity contribution in [1.29, 1.82) is 0 Å². The Labute approximate surface area is 166 Å². The topological polar surface area (TPSA) is 65.9 Å². The van der Waals surface area contributed by atoms with Gasteiger partial charge in [-0.2, -0.15) is 13.2 Å². The molecule has 0 unspecified atom stereocenters. The molecule has 0 heterocycles. The van der Waals surface area contributed by atoms with Gasteiger partial charge in [0.25, 0.3) is 0 Å². The van der Waals surface area contributed by atoms with Gasteiger partial charge >= 0.3 is 6.18 Å². The van der Waals surface area contributed by atoms with Crippen LogP contribution in [-0.2, 0) is 4.74 Å². The first-order valence-corrected chi connectivity index (χ1v) is 8.60. The second-order valence-electron chi connectivity index (χ2n) is 5.82. The second-order valence-corrected chi connectivity index (χ2v) is 5.82. The molecule has 0 aromatic rings. The van der Waals surface area contributed by atoms with E-state index in [1.165, 1.54) is 0 Å². The van der Waals surface area contributed by atoms with Gasteiger partial charge in [-0.05, 0) is 38.0 Å². The van der Waals surface area contributed by atoms with Crippen LogP contribution in [-0.4, -0.2) is 56.7 Å². The Hall–Kier alpha value is -0.290. The number of guanidine groups is 1. The highest BCUT2D eigenvalue weighted by molar-refractivity contribution is 14.0. The van der Waals surface area contributed by atoms with Crippen molar-refractivity contribution < 1.29 is 23.0 Å². The highest BCUT2D eigenvalue weighted by atomic mass is 127.